The molecular formula is C21H30N4O2. The number of ether oxygens (including phenoxy) is 2. The smallest absolute Gasteiger partial charge is 0.223 e. The van der Waals surface area contributed by atoms with Gasteiger partial charge in [-0.2, -0.15) is 0 Å². The van der Waals surface area contributed by atoms with Crippen molar-refractivity contribution in [2.45, 2.75) is 46.2 Å². The van der Waals surface area contributed by atoms with E-state index in [1.165, 1.54) is 5.56 Å². The molecule has 1 aromatic carbocycles. The largest absolute Gasteiger partial charge is 0.493 e. The highest BCUT2D eigenvalue weighted by Gasteiger charge is 2.20. The van der Waals surface area contributed by atoms with Gasteiger partial charge in [-0.1, -0.05) is 6.07 Å². The fraction of sp³-hybridized carbons (Fsp3) is 0.524. The van der Waals surface area contributed by atoms with E-state index in [0.717, 1.165) is 61.3 Å². The summed E-state index contributed by atoms with van der Waals surface area (Å²) in [6, 6.07) is 8.63. The highest BCUT2D eigenvalue weighted by Crippen LogP contribution is 2.29. The fourth-order valence-electron chi connectivity index (χ4n) is 3.55. The summed E-state index contributed by atoms with van der Waals surface area (Å²) in [5, 5.41) is 3.50. The standard InChI is InChI=1S/C21H30N4O2/c1-5-27-20-13-17(6-7-19(20)26-4)14-25-10-8-18(9-11-25)24-21-22-15(2)12-16(3)23-21/h6-7,12-13,18H,5,8-11,14H2,1-4H3,(H,22,23,24). The topological polar surface area (TPSA) is 59.5 Å². The van der Waals surface area contributed by atoms with E-state index in [2.05, 4.69) is 32.3 Å². The highest BCUT2D eigenvalue weighted by atomic mass is 16.5. The predicted molar refractivity (Wildman–Crippen MR) is 108 cm³/mol. The molecule has 0 amide bonds. The van der Waals surface area contributed by atoms with Gasteiger partial charge in [-0.25, -0.2) is 9.97 Å². The van der Waals surface area contributed by atoms with E-state index < -0.39 is 0 Å². The lowest BCUT2D eigenvalue weighted by molar-refractivity contribution is 0.210. The van der Waals surface area contributed by atoms with Crippen LogP contribution in [-0.2, 0) is 6.54 Å². The Morgan fingerprint density at radius 3 is 2.41 bits per heavy atom. The average molecular weight is 370 g/mol. The number of nitrogens with one attached hydrogen (secondary N) is 1. The third-order valence-corrected chi connectivity index (χ3v) is 4.84. The van der Waals surface area contributed by atoms with Crippen LogP contribution in [0.15, 0.2) is 24.3 Å². The summed E-state index contributed by atoms with van der Waals surface area (Å²) in [7, 11) is 1.68. The van der Waals surface area contributed by atoms with Gasteiger partial charge >= 0.3 is 0 Å². The first-order valence-corrected chi connectivity index (χ1v) is 9.68. The lowest BCUT2D eigenvalue weighted by atomic mass is 10.0. The van der Waals surface area contributed by atoms with Crippen LogP contribution >= 0.6 is 0 Å². The molecular weight excluding hydrogens is 340 g/mol. The van der Waals surface area contributed by atoms with Crippen molar-refractivity contribution in [3.05, 3.63) is 41.2 Å². The number of likely N-dealkylation sites (tertiary alicyclic amines) is 1. The Kier molecular flexibility index (Phi) is 6.50. The first kappa shape index (κ1) is 19.4. The fourth-order valence-corrected chi connectivity index (χ4v) is 3.55. The number of nitrogens with zero attached hydrogens (tertiary/aromatic N) is 3. The van der Waals surface area contributed by atoms with Crippen molar-refractivity contribution >= 4 is 5.95 Å². The number of methoxy groups -OCH3 is 1. The van der Waals surface area contributed by atoms with E-state index in [1.807, 2.05) is 32.9 Å². The summed E-state index contributed by atoms with van der Waals surface area (Å²) < 4.78 is 11.1. The Morgan fingerprint density at radius 1 is 1.07 bits per heavy atom. The first-order chi connectivity index (χ1) is 13.1. The van der Waals surface area contributed by atoms with Gasteiger partial charge in [-0.05, 0) is 57.4 Å². The second-order valence-corrected chi connectivity index (χ2v) is 7.09. The Labute approximate surface area is 161 Å². The molecule has 0 radical (unpaired) electrons. The summed E-state index contributed by atoms with van der Waals surface area (Å²) in [5.74, 6) is 2.36. The zero-order chi connectivity index (χ0) is 19.2. The molecule has 146 valence electrons. The van der Waals surface area contributed by atoms with Crippen molar-refractivity contribution < 1.29 is 9.47 Å². The second-order valence-electron chi connectivity index (χ2n) is 7.09. The maximum atomic E-state index is 5.69. The maximum absolute atomic E-state index is 5.69. The van der Waals surface area contributed by atoms with Gasteiger partial charge < -0.3 is 14.8 Å². The number of hydrogen-bond donors (Lipinski definition) is 1. The van der Waals surface area contributed by atoms with Gasteiger partial charge in [0.1, 0.15) is 0 Å². The highest BCUT2D eigenvalue weighted by molar-refractivity contribution is 5.43. The van der Waals surface area contributed by atoms with Crippen LogP contribution in [0.5, 0.6) is 11.5 Å². The molecule has 0 bridgehead atoms. The van der Waals surface area contributed by atoms with E-state index in [-0.39, 0.29) is 0 Å². The van der Waals surface area contributed by atoms with Crippen LogP contribution in [0.3, 0.4) is 0 Å². The minimum Gasteiger partial charge on any atom is -0.493 e. The summed E-state index contributed by atoms with van der Waals surface area (Å²) >= 11 is 0. The van der Waals surface area contributed by atoms with Gasteiger partial charge in [0.05, 0.1) is 13.7 Å². The molecule has 1 fully saturated rings. The number of aromatic nitrogens is 2. The van der Waals surface area contributed by atoms with Gasteiger partial charge in [-0.3, -0.25) is 4.90 Å². The van der Waals surface area contributed by atoms with Crippen LogP contribution in [0, 0.1) is 13.8 Å². The number of anilines is 1. The first-order valence-electron chi connectivity index (χ1n) is 9.68. The van der Waals surface area contributed by atoms with E-state index in [9.17, 15) is 0 Å². The van der Waals surface area contributed by atoms with E-state index in [4.69, 9.17) is 9.47 Å². The zero-order valence-electron chi connectivity index (χ0n) is 16.8. The van der Waals surface area contributed by atoms with E-state index in [1.54, 1.807) is 7.11 Å². The van der Waals surface area contributed by atoms with Crippen LogP contribution in [0.25, 0.3) is 0 Å². The molecule has 3 rings (SSSR count). The maximum Gasteiger partial charge on any atom is 0.223 e. The zero-order valence-corrected chi connectivity index (χ0v) is 16.8. The SMILES string of the molecule is CCOc1cc(CN2CCC(Nc3nc(C)cc(C)n3)CC2)ccc1OC. The number of aryl methyl sites for hydroxylation is 2. The molecule has 27 heavy (non-hydrogen) atoms. The summed E-state index contributed by atoms with van der Waals surface area (Å²) in [6.45, 7) is 9.68. The molecule has 1 N–H and O–H groups in total. The van der Waals surface area contributed by atoms with Crippen molar-refractivity contribution in [3.63, 3.8) is 0 Å². The molecule has 0 saturated carbocycles. The minimum absolute atomic E-state index is 0.428. The second kappa shape index (κ2) is 9.04. The number of rotatable bonds is 7. The van der Waals surface area contributed by atoms with Gasteiger partial charge in [0, 0.05) is 37.1 Å². The molecule has 0 unspecified atom stereocenters. The quantitative estimate of drug-likeness (QED) is 0.804. The van der Waals surface area contributed by atoms with Gasteiger partial charge in [0.25, 0.3) is 0 Å². The molecule has 6 nitrogen and oxygen atoms in total. The van der Waals surface area contributed by atoms with Crippen molar-refractivity contribution in [3.8, 4) is 11.5 Å². The summed E-state index contributed by atoms with van der Waals surface area (Å²) in [6.07, 6.45) is 2.18. The number of benzene rings is 1. The van der Waals surface area contributed by atoms with Crippen LogP contribution < -0.4 is 14.8 Å². The van der Waals surface area contributed by atoms with E-state index in [0.29, 0.717) is 12.6 Å². The number of piperidine rings is 1. The average Bonchev–Trinajstić information content (AvgIpc) is 2.63. The molecule has 2 aromatic rings. The van der Waals surface area contributed by atoms with E-state index >= 15 is 0 Å². The van der Waals surface area contributed by atoms with Gasteiger partial charge in [0.15, 0.2) is 11.5 Å². The molecule has 1 aromatic heterocycles. The minimum atomic E-state index is 0.428. The summed E-state index contributed by atoms with van der Waals surface area (Å²) in [4.78, 5) is 11.5. The normalized spacial score (nSPS) is 15.6. The Hall–Kier alpha value is -2.34. The molecule has 0 spiro atoms. The lowest BCUT2D eigenvalue weighted by Gasteiger charge is -2.32. The van der Waals surface area contributed by atoms with Crippen LogP contribution in [0.2, 0.25) is 0 Å². The number of hydrogen-bond acceptors (Lipinski definition) is 6. The molecule has 6 heteroatoms. The van der Waals surface area contributed by atoms with Crippen molar-refractivity contribution in [2.24, 2.45) is 0 Å². The van der Waals surface area contributed by atoms with Crippen LogP contribution in [0.1, 0.15) is 36.7 Å². The lowest BCUT2D eigenvalue weighted by Crippen LogP contribution is -2.39. The Morgan fingerprint density at radius 2 is 1.78 bits per heavy atom. The van der Waals surface area contributed by atoms with Crippen molar-refractivity contribution in [2.75, 3.05) is 32.1 Å². The van der Waals surface area contributed by atoms with Crippen LogP contribution in [0.4, 0.5) is 5.95 Å². The molecule has 2 heterocycles. The predicted octanol–water partition coefficient (Wildman–Crippen LogP) is 3.58. The van der Waals surface area contributed by atoms with Crippen LogP contribution in [-0.4, -0.2) is 47.7 Å². The Balaban J connectivity index is 1.54. The Bertz CT molecular complexity index is 738. The van der Waals surface area contributed by atoms with Crippen molar-refractivity contribution in [1.82, 2.24) is 14.9 Å². The van der Waals surface area contributed by atoms with Gasteiger partial charge in [0.2, 0.25) is 5.95 Å². The molecule has 0 aliphatic carbocycles. The third kappa shape index (κ3) is 5.32. The molecule has 0 atom stereocenters. The molecule has 1 saturated heterocycles. The monoisotopic (exact) mass is 370 g/mol. The summed E-state index contributed by atoms with van der Waals surface area (Å²) in [5.41, 5.74) is 3.27. The third-order valence-electron chi connectivity index (χ3n) is 4.84. The van der Waals surface area contributed by atoms with Gasteiger partial charge in [-0.15, -0.1) is 0 Å². The molecule has 1 aliphatic rings. The molecule has 1 aliphatic heterocycles. The van der Waals surface area contributed by atoms with Crippen molar-refractivity contribution in [1.29, 1.82) is 0 Å².